The first kappa shape index (κ1) is 25.9. The number of carbonyl (C=O) groups is 1. The maximum atomic E-state index is 13.5. The zero-order chi connectivity index (χ0) is 23.9. The number of amides is 1. The molecule has 1 aromatic carbocycles. The molecular weight excluding hydrogens is 498 g/mol. The minimum absolute atomic E-state index is 0. The van der Waals surface area contributed by atoms with E-state index in [-0.39, 0.29) is 36.0 Å². The van der Waals surface area contributed by atoms with Crippen LogP contribution in [0.15, 0.2) is 39.0 Å². The molecule has 4 aromatic rings. The molecule has 13 heteroatoms. The summed E-state index contributed by atoms with van der Waals surface area (Å²) in [7, 11) is 6.85. The van der Waals surface area contributed by atoms with Crippen LogP contribution in [-0.4, -0.2) is 67.9 Å². The third-order valence-electron chi connectivity index (χ3n) is 5.41. The predicted octanol–water partition coefficient (Wildman–Crippen LogP) is 1.78. The summed E-state index contributed by atoms with van der Waals surface area (Å²) in [6.07, 6.45) is 3.45. The summed E-state index contributed by atoms with van der Waals surface area (Å²) in [4.78, 5) is 52.1. The average Bonchev–Trinajstić information content (AvgIpc) is 3.39. The van der Waals surface area contributed by atoms with Gasteiger partial charge < -0.3 is 9.47 Å². The molecule has 0 aliphatic carbocycles. The molecule has 0 aliphatic heterocycles. The number of anilines is 1. The van der Waals surface area contributed by atoms with Crippen LogP contribution in [0.3, 0.4) is 0 Å². The number of aromatic nitrogens is 5. The first-order chi connectivity index (χ1) is 15.7. The smallest absolute Gasteiger partial charge is 0.315 e. The molecule has 0 saturated carbocycles. The molecule has 0 unspecified atom stereocenters. The van der Waals surface area contributed by atoms with E-state index in [1.807, 2.05) is 37.4 Å². The van der Waals surface area contributed by atoms with E-state index >= 15 is 0 Å². The number of likely N-dealkylation sites (N-methyl/N-ethyl adjacent to an activating group) is 1. The number of hydrogen-bond acceptors (Lipinski definition) is 8. The number of halogens is 1. The van der Waals surface area contributed by atoms with Crippen LogP contribution in [0.4, 0.5) is 5.13 Å². The lowest BCUT2D eigenvalue weighted by atomic mass is 10.3. The summed E-state index contributed by atoms with van der Waals surface area (Å²) in [6.45, 7) is 1.01. The normalized spacial score (nSPS) is 11.4. The Balaban J connectivity index is 0.00000324. The third-order valence-corrected chi connectivity index (χ3v) is 7.18. The Kier molecular flexibility index (Phi) is 7.86. The van der Waals surface area contributed by atoms with Gasteiger partial charge in [0.25, 0.3) is 5.56 Å². The number of nitrogens with zero attached hydrogens (tertiary/aromatic N) is 7. The van der Waals surface area contributed by atoms with Crippen molar-refractivity contribution in [2.24, 2.45) is 14.1 Å². The lowest BCUT2D eigenvalue weighted by Crippen LogP contribution is -2.40. The summed E-state index contributed by atoms with van der Waals surface area (Å²) in [6, 6.07) is 6.05. The van der Waals surface area contributed by atoms with Gasteiger partial charge in [0.1, 0.15) is 6.54 Å². The number of carbonyl (C=O) groups excluding carboxylic acids is 1. The van der Waals surface area contributed by atoms with Crippen molar-refractivity contribution in [2.45, 2.75) is 11.4 Å². The fourth-order valence-electron chi connectivity index (χ4n) is 3.51. The Hall–Kier alpha value is -2.67. The van der Waals surface area contributed by atoms with Crippen LogP contribution in [-0.2, 0) is 25.4 Å². The monoisotopic (exact) mass is 523 g/mol. The Bertz CT molecular complexity index is 1470. The summed E-state index contributed by atoms with van der Waals surface area (Å²) < 4.78 is 4.84. The molecule has 0 N–H and O–H groups in total. The summed E-state index contributed by atoms with van der Waals surface area (Å²) in [5, 5.41) is 0.611. The molecule has 34 heavy (non-hydrogen) atoms. The van der Waals surface area contributed by atoms with Crippen molar-refractivity contribution in [3.63, 3.8) is 0 Å². The molecule has 0 fully saturated rings. The van der Waals surface area contributed by atoms with Crippen LogP contribution >= 0.6 is 35.5 Å². The second-order valence-electron chi connectivity index (χ2n) is 7.93. The highest BCUT2D eigenvalue weighted by Gasteiger charge is 2.23. The van der Waals surface area contributed by atoms with Crippen molar-refractivity contribution in [3.05, 3.63) is 45.4 Å². The van der Waals surface area contributed by atoms with Gasteiger partial charge in [-0.1, -0.05) is 11.3 Å². The number of thiazole rings is 1. The molecule has 0 atom stereocenters. The maximum absolute atomic E-state index is 13.5. The van der Waals surface area contributed by atoms with Gasteiger partial charge in [-0.2, -0.15) is 0 Å². The van der Waals surface area contributed by atoms with E-state index in [1.165, 1.54) is 33.8 Å². The highest BCUT2D eigenvalue weighted by Crippen LogP contribution is 2.31. The van der Waals surface area contributed by atoms with Gasteiger partial charge in [0, 0.05) is 32.1 Å². The molecule has 3 heterocycles. The summed E-state index contributed by atoms with van der Waals surface area (Å²) >= 11 is 3.12. The highest BCUT2D eigenvalue weighted by molar-refractivity contribution is 7.98. The fourth-order valence-corrected chi connectivity index (χ4v) is 5.07. The van der Waals surface area contributed by atoms with E-state index < -0.39 is 11.2 Å². The first-order valence-electron chi connectivity index (χ1n) is 10.2. The van der Waals surface area contributed by atoms with Crippen molar-refractivity contribution < 1.29 is 4.79 Å². The largest absolute Gasteiger partial charge is 0.332 e. The zero-order valence-electron chi connectivity index (χ0n) is 19.5. The lowest BCUT2D eigenvalue weighted by molar-refractivity contribution is -0.119. The third kappa shape index (κ3) is 4.76. The molecule has 4 rings (SSSR count). The van der Waals surface area contributed by atoms with Gasteiger partial charge in [0.05, 0.1) is 16.5 Å². The Labute approximate surface area is 210 Å². The molecule has 3 aromatic heterocycles. The number of benzene rings is 1. The zero-order valence-corrected chi connectivity index (χ0v) is 22.0. The van der Waals surface area contributed by atoms with Crippen LogP contribution in [0.5, 0.6) is 0 Å². The van der Waals surface area contributed by atoms with E-state index in [4.69, 9.17) is 4.98 Å². The predicted molar refractivity (Wildman–Crippen MR) is 140 cm³/mol. The van der Waals surface area contributed by atoms with Gasteiger partial charge in [-0.15, -0.1) is 24.2 Å². The highest BCUT2D eigenvalue weighted by atomic mass is 35.5. The van der Waals surface area contributed by atoms with E-state index in [9.17, 15) is 14.4 Å². The van der Waals surface area contributed by atoms with Gasteiger partial charge >= 0.3 is 5.69 Å². The van der Waals surface area contributed by atoms with Crippen LogP contribution < -0.4 is 16.1 Å². The Morgan fingerprint density at radius 2 is 1.88 bits per heavy atom. The second kappa shape index (κ2) is 10.3. The number of rotatable bonds is 7. The average molecular weight is 524 g/mol. The lowest BCUT2D eigenvalue weighted by Gasteiger charge is -2.22. The molecule has 182 valence electrons. The topological polar surface area (TPSA) is 98.3 Å². The summed E-state index contributed by atoms with van der Waals surface area (Å²) in [5.74, 6) is -0.212. The van der Waals surface area contributed by atoms with E-state index in [2.05, 4.69) is 11.1 Å². The van der Waals surface area contributed by atoms with Crippen molar-refractivity contribution in [1.29, 1.82) is 0 Å². The molecule has 0 aliphatic rings. The fraction of sp³-hybridized carbons (Fsp3) is 0.381. The second-order valence-corrected chi connectivity index (χ2v) is 9.82. The Morgan fingerprint density at radius 3 is 2.56 bits per heavy atom. The molecule has 0 bridgehead atoms. The number of fused-ring (bicyclic) bond motifs is 2. The number of hydrogen-bond donors (Lipinski definition) is 0. The first-order valence-corrected chi connectivity index (χ1v) is 12.3. The van der Waals surface area contributed by atoms with Crippen LogP contribution in [0, 0.1) is 0 Å². The standard InChI is InChI=1S/C21H25N7O3S2.ClH/c1-24(2)8-9-28(20-23-14-7-6-13(32-5)10-15(14)33-20)16(29)11-27-12-22-18-17(27)19(30)26(4)21(31)25(18)3;/h6-7,10,12H,8-9,11H2,1-5H3;1H. The number of thioether (sulfide) groups is 1. The van der Waals surface area contributed by atoms with Gasteiger partial charge in [-0.3, -0.25) is 23.6 Å². The van der Waals surface area contributed by atoms with E-state index in [0.29, 0.717) is 18.2 Å². The molecule has 10 nitrogen and oxygen atoms in total. The molecular formula is C21H26ClN7O3S2. The number of aryl methyl sites for hydroxylation is 1. The van der Waals surface area contributed by atoms with Gasteiger partial charge in [0.2, 0.25) is 5.91 Å². The van der Waals surface area contributed by atoms with Crippen molar-refractivity contribution in [2.75, 3.05) is 38.3 Å². The van der Waals surface area contributed by atoms with Crippen LogP contribution in [0.2, 0.25) is 0 Å². The quantitative estimate of drug-likeness (QED) is 0.340. The van der Waals surface area contributed by atoms with Crippen molar-refractivity contribution in [3.8, 4) is 0 Å². The van der Waals surface area contributed by atoms with Crippen molar-refractivity contribution >= 4 is 67.9 Å². The Morgan fingerprint density at radius 1 is 1.15 bits per heavy atom. The minimum atomic E-state index is -0.483. The van der Waals surface area contributed by atoms with Crippen LogP contribution in [0.1, 0.15) is 0 Å². The molecule has 0 radical (unpaired) electrons. The van der Waals surface area contributed by atoms with Gasteiger partial charge in [0.15, 0.2) is 16.3 Å². The SMILES string of the molecule is CSc1ccc2nc(N(CCN(C)C)C(=O)Cn3cnc4c3c(=O)n(C)c(=O)n4C)sc2c1.Cl. The van der Waals surface area contributed by atoms with Crippen molar-refractivity contribution in [1.82, 2.24) is 28.6 Å². The molecule has 1 amide bonds. The van der Waals surface area contributed by atoms with E-state index in [0.717, 1.165) is 19.7 Å². The van der Waals surface area contributed by atoms with Crippen LogP contribution in [0.25, 0.3) is 21.4 Å². The maximum Gasteiger partial charge on any atom is 0.332 e. The molecule has 0 saturated heterocycles. The summed E-state index contributed by atoms with van der Waals surface area (Å²) in [5.41, 5.74) is 0.362. The van der Waals surface area contributed by atoms with Gasteiger partial charge in [-0.05, 0) is 38.6 Å². The number of imidazole rings is 1. The van der Waals surface area contributed by atoms with Gasteiger partial charge in [-0.25, -0.2) is 14.8 Å². The molecule has 0 spiro atoms. The minimum Gasteiger partial charge on any atom is -0.315 e. The van der Waals surface area contributed by atoms with E-state index in [1.54, 1.807) is 23.7 Å².